The van der Waals surface area contributed by atoms with Crippen LogP contribution in [0.25, 0.3) is 10.9 Å². The standard InChI is InChI=1S/C27H24F3N5O3/c28-27(29,30)38-22-8-6-18(7-9-22)15-24(36)33-20-16-32-35(17-20)21-10-13-34(14-11-21)26(37)23-5-1-3-19-4-2-12-31-25(19)23/h1-9,12,16-17,21H,10-11,13-15H2,(H,33,36). The van der Waals surface area contributed by atoms with E-state index in [4.69, 9.17) is 0 Å². The van der Waals surface area contributed by atoms with Gasteiger partial charge in [-0.1, -0.05) is 30.3 Å². The number of hydrogen-bond donors (Lipinski definition) is 1. The summed E-state index contributed by atoms with van der Waals surface area (Å²) in [7, 11) is 0. The predicted molar refractivity (Wildman–Crippen MR) is 134 cm³/mol. The molecule has 0 bridgehead atoms. The third-order valence-corrected chi connectivity index (χ3v) is 6.40. The number of anilines is 1. The normalized spacial score (nSPS) is 14.4. The van der Waals surface area contributed by atoms with Gasteiger partial charge in [-0.05, 0) is 42.7 Å². The predicted octanol–water partition coefficient (Wildman–Crippen LogP) is 4.99. The molecule has 38 heavy (non-hydrogen) atoms. The lowest BCUT2D eigenvalue weighted by molar-refractivity contribution is -0.274. The molecule has 0 saturated carbocycles. The second kappa shape index (κ2) is 10.5. The summed E-state index contributed by atoms with van der Waals surface area (Å²) in [6.45, 7) is 1.14. The highest BCUT2D eigenvalue weighted by Crippen LogP contribution is 2.26. The maximum atomic E-state index is 13.2. The van der Waals surface area contributed by atoms with Crippen molar-refractivity contribution in [3.8, 4) is 5.75 Å². The first kappa shape index (κ1) is 25.2. The lowest BCUT2D eigenvalue weighted by atomic mass is 10.0. The third-order valence-electron chi connectivity index (χ3n) is 6.40. The minimum Gasteiger partial charge on any atom is -0.406 e. The van der Waals surface area contributed by atoms with Gasteiger partial charge in [0.2, 0.25) is 5.91 Å². The molecule has 5 rings (SSSR count). The number of hydrogen-bond acceptors (Lipinski definition) is 5. The van der Waals surface area contributed by atoms with Crippen molar-refractivity contribution in [3.63, 3.8) is 0 Å². The van der Waals surface area contributed by atoms with Crippen molar-refractivity contribution >= 4 is 28.4 Å². The number of likely N-dealkylation sites (tertiary alicyclic amines) is 1. The second-order valence-corrected chi connectivity index (χ2v) is 9.03. The van der Waals surface area contributed by atoms with Crippen molar-refractivity contribution in [1.29, 1.82) is 0 Å². The van der Waals surface area contributed by atoms with Crippen LogP contribution in [0.3, 0.4) is 0 Å². The van der Waals surface area contributed by atoms with Crippen molar-refractivity contribution in [2.75, 3.05) is 18.4 Å². The van der Waals surface area contributed by atoms with Crippen LogP contribution in [-0.4, -0.2) is 50.9 Å². The average Bonchev–Trinajstić information content (AvgIpc) is 3.36. The number of carbonyl (C=O) groups excluding carboxylic acids is 2. The van der Waals surface area contributed by atoms with Gasteiger partial charge >= 0.3 is 6.36 Å². The van der Waals surface area contributed by atoms with E-state index in [0.717, 1.165) is 5.39 Å². The van der Waals surface area contributed by atoms with Crippen LogP contribution in [0.2, 0.25) is 0 Å². The SMILES string of the molecule is O=C(Cc1ccc(OC(F)(F)F)cc1)Nc1cnn(C2CCN(C(=O)c3cccc4cccnc34)CC2)c1. The highest BCUT2D eigenvalue weighted by molar-refractivity contribution is 6.05. The molecule has 1 fully saturated rings. The summed E-state index contributed by atoms with van der Waals surface area (Å²) >= 11 is 0. The Morgan fingerprint density at radius 2 is 1.76 bits per heavy atom. The molecule has 4 aromatic rings. The minimum absolute atomic E-state index is 0.0129. The number of para-hydroxylation sites is 1. The summed E-state index contributed by atoms with van der Waals surface area (Å²) in [5.74, 6) is -0.707. The quantitative estimate of drug-likeness (QED) is 0.385. The van der Waals surface area contributed by atoms with E-state index in [1.54, 1.807) is 29.3 Å². The molecule has 0 radical (unpaired) electrons. The summed E-state index contributed by atoms with van der Waals surface area (Å²) in [6, 6.07) is 14.6. The summed E-state index contributed by atoms with van der Waals surface area (Å²) in [5, 5.41) is 8.07. The monoisotopic (exact) mass is 523 g/mol. The fraction of sp³-hybridized carbons (Fsp3) is 0.259. The zero-order valence-electron chi connectivity index (χ0n) is 20.2. The van der Waals surface area contributed by atoms with Gasteiger partial charge in [0, 0.05) is 30.9 Å². The number of pyridine rings is 1. The first-order chi connectivity index (χ1) is 18.2. The first-order valence-corrected chi connectivity index (χ1v) is 12.1. The third kappa shape index (κ3) is 5.93. The Kier molecular flexibility index (Phi) is 6.99. The largest absolute Gasteiger partial charge is 0.573 e. The second-order valence-electron chi connectivity index (χ2n) is 9.03. The fourth-order valence-electron chi connectivity index (χ4n) is 4.58. The molecule has 8 nitrogen and oxygen atoms in total. The Balaban J connectivity index is 1.14. The molecule has 1 N–H and O–H groups in total. The molecule has 1 saturated heterocycles. The van der Waals surface area contributed by atoms with Crippen LogP contribution < -0.4 is 10.1 Å². The highest BCUT2D eigenvalue weighted by Gasteiger charge is 2.31. The van der Waals surface area contributed by atoms with Gasteiger partial charge in [-0.2, -0.15) is 5.10 Å². The van der Waals surface area contributed by atoms with Crippen molar-refractivity contribution < 1.29 is 27.5 Å². The molecule has 2 aromatic heterocycles. The lowest BCUT2D eigenvalue weighted by Crippen LogP contribution is -2.39. The number of ether oxygens (including phenoxy) is 1. The van der Waals surface area contributed by atoms with Crippen LogP contribution in [0.4, 0.5) is 18.9 Å². The molecule has 2 aromatic carbocycles. The number of rotatable bonds is 6. The number of halogens is 3. The minimum atomic E-state index is -4.76. The Labute approximate surface area is 216 Å². The van der Waals surface area contributed by atoms with E-state index in [2.05, 4.69) is 20.1 Å². The number of nitrogens with one attached hydrogen (secondary N) is 1. The summed E-state index contributed by atoms with van der Waals surface area (Å²) in [5.41, 5.74) is 2.35. The average molecular weight is 524 g/mol. The number of amides is 2. The van der Waals surface area contributed by atoms with Gasteiger partial charge in [0.25, 0.3) is 5.91 Å². The molecule has 0 spiro atoms. The highest BCUT2D eigenvalue weighted by atomic mass is 19.4. The van der Waals surface area contributed by atoms with Gasteiger partial charge in [-0.3, -0.25) is 19.3 Å². The summed E-state index contributed by atoms with van der Waals surface area (Å²) in [4.78, 5) is 31.8. The van der Waals surface area contributed by atoms with Crippen LogP contribution in [0.5, 0.6) is 5.75 Å². The van der Waals surface area contributed by atoms with E-state index < -0.39 is 6.36 Å². The molecule has 1 aliphatic rings. The zero-order chi connectivity index (χ0) is 26.7. The van der Waals surface area contributed by atoms with Gasteiger partial charge in [-0.25, -0.2) is 0 Å². The number of nitrogens with zero attached hydrogens (tertiary/aromatic N) is 4. The van der Waals surface area contributed by atoms with Crippen molar-refractivity contribution in [1.82, 2.24) is 19.7 Å². The van der Waals surface area contributed by atoms with Gasteiger partial charge in [0.05, 0.1) is 35.4 Å². The maximum Gasteiger partial charge on any atom is 0.573 e. The van der Waals surface area contributed by atoms with Crippen LogP contribution in [0, 0.1) is 0 Å². The topological polar surface area (TPSA) is 89.4 Å². The Morgan fingerprint density at radius 3 is 2.50 bits per heavy atom. The van der Waals surface area contributed by atoms with Crippen molar-refractivity contribution in [3.05, 3.63) is 84.3 Å². The number of piperidine rings is 1. The van der Waals surface area contributed by atoms with E-state index in [1.807, 2.05) is 29.2 Å². The number of fused-ring (bicyclic) bond motifs is 1. The maximum absolute atomic E-state index is 13.2. The van der Waals surface area contributed by atoms with Gasteiger partial charge in [-0.15, -0.1) is 13.2 Å². The Morgan fingerprint density at radius 1 is 1.03 bits per heavy atom. The molecule has 1 aliphatic heterocycles. The van der Waals surface area contributed by atoms with E-state index in [-0.39, 0.29) is 30.0 Å². The van der Waals surface area contributed by atoms with Gasteiger partial charge in [0.15, 0.2) is 0 Å². The van der Waals surface area contributed by atoms with E-state index in [0.29, 0.717) is 48.3 Å². The molecular formula is C27H24F3N5O3. The molecule has 0 aliphatic carbocycles. The number of carbonyl (C=O) groups is 2. The van der Waals surface area contributed by atoms with E-state index >= 15 is 0 Å². The van der Waals surface area contributed by atoms with Crippen molar-refractivity contribution in [2.45, 2.75) is 31.7 Å². The number of alkyl halides is 3. The smallest absolute Gasteiger partial charge is 0.406 e. The molecule has 11 heteroatoms. The number of benzene rings is 2. The zero-order valence-corrected chi connectivity index (χ0v) is 20.2. The summed E-state index contributed by atoms with van der Waals surface area (Å²) < 4.78 is 42.5. The molecule has 0 unspecified atom stereocenters. The lowest BCUT2D eigenvalue weighted by Gasteiger charge is -2.32. The molecule has 196 valence electrons. The van der Waals surface area contributed by atoms with E-state index in [1.165, 1.54) is 24.3 Å². The molecular weight excluding hydrogens is 499 g/mol. The molecule has 2 amide bonds. The molecule has 0 atom stereocenters. The Hall–Kier alpha value is -4.41. The van der Waals surface area contributed by atoms with Crippen molar-refractivity contribution in [2.24, 2.45) is 0 Å². The first-order valence-electron chi connectivity index (χ1n) is 12.1. The van der Waals surface area contributed by atoms with Gasteiger partial charge < -0.3 is 15.0 Å². The fourth-order valence-corrected chi connectivity index (χ4v) is 4.58. The van der Waals surface area contributed by atoms with E-state index in [9.17, 15) is 22.8 Å². The van der Waals surface area contributed by atoms with Crippen LogP contribution >= 0.6 is 0 Å². The van der Waals surface area contributed by atoms with Crippen LogP contribution in [0.1, 0.15) is 34.8 Å². The number of aromatic nitrogens is 3. The molecule has 3 heterocycles. The van der Waals surface area contributed by atoms with Crippen LogP contribution in [0.15, 0.2) is 73.2 Å². The van der Waals surface area contributed by atoms with Crippen LogP contribution in [-0.2, 0) is 11.2 Å². The Bertz CT molecular complexity index is 1440. The summed E-state index contributed by atoms with van der Waals surface area (Å²) in [6.07, 6.45) is 1.63. The van der Waals surface area contributed by atoms with Gasteiger partial charge in [0.1, 0.15) is 5.75 Å².